The standard InChI is InChI=1S/C28H30O4.C12H10O/c1-15(2)20-13-23(17(5)11-25(20)29)28(22-10-8-7-9-19(22)27(31)32-28)24-14-21(16(3)4)26(30)12-18(24)6;1-3-7-11(8-4-1)13-12-9-5-2-6-10-12/h7-16,29-30H,1-6H3;1-10H. The van der Waals surface area contributed by atoms with E-state index < -0.39 is 5.60 Å². The van der Waals surface area contributed by atoms with Gasteiger partial charge in [0.1, 0.15) is 23.0 Å². The summed E-state index contributed by atoms with van der Waals surface area (Å²) >= 11 is 0. The molecule has 5 nitrogen and oxygen atoms in total. The maximum Gasteiger partial charge on any atom is 0.340 e. The first-order valence-electron chi connectivity index (χ1n) is 15.3. The molecule has 5 aromatic rings. The summed E-state index contributed by atoms with van der Waals surface area (Å²) in [6.45, 7) is 12.0. The van der Waals surface area contributed by atoms with Crippen molar-refractivity contribution in [1.82, 2.24) is 0 Å². The van der Waals surface area contributed by atoms with Crippen molar-refractivity contribution in [3.8, 4) is 23.0 Å². The van der Waals surface area contributed by atoms with Crippen molar-refractivity contribution in [2.75, 3.05) is 0 Å². The first-order valence-corrected chi connectivity index (χ1v) is 15.3. The SMILES string of the molecule is Cc1cc(O)c(C(C)C)cc1C1(c2cc(C(C)C)c(O)cc2C)OC(=O)c2ccccc21.c1ccc(Oc2ccccc2)cc1. The van der Waals surface area contributed by atoms with Crippen molar-refractivity contribution in [1.29, 1.82) is 0 Å². The van der Waals surface area contributed by atoms with Gasteiger partial charge >= 0.3 is 5.97 Å². The van der Waals surface area contributed by atoms with Gasteiger partial charge in [0.2, 0.25) is 0 Å². The molecule has 0 atom stereocenters. The Hall–Kier alpha value is -5.03. The number of esters is 1. The van der Waals surface area contributed by atoms with Crippen LogP contribution in [0.15, 0.2) is 109 Å². The number of carbonyl (C=O) groups is 1. The predicted molar refractivity (Wildman–Crippen MR) is 179 cm³/mol. The molecule has 0 aromatic heterocycles. The summed E-state index contributed by atoms with van der Waals surface area (Å²) in [6.07, 6.45) is 0. The second kappa shape index (κ2) is 12.9. The molecule has 5 heteroatoms. The fraction of sp³-hybridized carbons (Fsp3) is 0.225. The number of hydrogen-bond acceptors (Lipinski definition) is 5. The molecule has 0 bridgehead atoms. The molecule has 0 radical (unpaired) electrons. The maximum atomic E-state index is 13.1. The number of phenols is 2. The molecule has 1 aliphatic rings. The first kappa shape index (κ1) is 31.4. The van der Waals surface area contributed by atoms with E-state index in [4.69, 9.17) is 9.47 Å². The molecule has 0 aliphatic carbocycles. The Labute approximate surface area is 265 Å². The van der Waals surface area contributed by atoms with Crippen LogP contribution in [-0.2, 0) is 10.3 Å². The molecule has 0 fully saturated rings. The molecule has 0 unspecified atom stereocenters. The van der Waals surface area contributed by atoms with Crippen molar-refractivity contribution >= 4 is 5.97 Å². The van der Waals surface area contributed by atoms with Gasteiger partial charge in [-0.2, -0.15) is 0 Å². The molecule has 0 amide bonds. The molecular formula is C40H40O5. The Balaban J connectivity index is 0.000000256. The number of rotatable bonds is 6. The highest BCUT2D eigenvalue weighted by atomic mass is 16.6. The van der Waals surface area contributed by atoms with Gasteiger partial charge in [-0.05, 0) is 103 Å². The number of hydrogen-bond donors (Lipinski definition) is 2. The lowest BCUT2D eigenvalue weighted by molar-refractivity contribution is 0.0247. The first-order chi connectivity index (χ1) is 21.5. The lowest BCUT2D eigenvalue weighted by atomic mass is 9.74. The second-order valence-corrected chi connectivity index (χ2v) is 12.1. The van der Waals surface area contributed by atoms with Crippen LogP contribution in [0.3, 0.4) is 0 Å². The fourth-order valence-corrected chi connectivity index (χ4v) is 5.98. The smallest absolute Gasteiger partial charge is 0.340 e. The van der Waals surface area contributed by atoms with Gasteiger partial charge in [-0.15, -0.1) is 0 Å². The van der Waals surface area contributed by atoms with Crippen LogP contribution >= 0.6 is 0 Å². The summed E-state index contributed by atoms with van der Waals surface area (Å²) < 4.78 is 11.9. The summed E-state index contributed by atoms with van der Waals surface area (Å²) in [5.74, 6) is 2.01. The van der Waals surface area contributed by atoms with Crippen molar-refractivity contribution in [2.45, 2.75) is 59.0 Å². The third kappa shape index (κ3) is 6.16. The van der Waals surface area contributed by atoms with E-state index in [1.54, 1.807) is 18.2 Å². The van der Waals surface area contributed by atoms with E-state index in [9.17, 15) is 15.0 Å². The molecule has 5 aromatic carbocycles. The van der Waals surface area contributed by atoms with Crippen LogP contribution in [0.2, 0.25) is 0 Å². The maximum absolute atomic E-state index is 13.1. The fourth-order valence-electron chi connectivity index (χ4n) is 5.98. The van der Waals surface area contributed by atoms with Gasteiger partial charge in [-0.1, -0.05) is 82.3 Å². The summed E-state index contributed by atoms with van der Waals surface area (Å²) in [4.78, 5) is 13.1. The van der Waals surface area contributed by atoms with Crippen molar-refractivity contribution < 1.29 is 24.5 Å². The lowest BCUT2D eigenvalue weighted by Crippen LogP contribution is -2.32. The molecule has 0 spiro atoms. The number of cyclic esters (lactones) is 1. The topological polar surface area (TPSA) is 76.0 Å². The number of benzene rings is 5. The monoisotopic (exact) mass is 600 g/mol. The van der Waals surface area contributed by atoms with Gasteiger partial charge in [0.05, 0.1) is 5.56 Å². The third-order valence-electron chi connectivity index (χ3n) is 8.24. The molecule has 1 heterocycles. The minimum absolute atomic E-state index is 0.0888. The van der Waals surface area contributed by atoms with Gasteiger partial charge in [0, 0.05) is 16.7 Å². The third-order valence-corrected chi connectivity index (χ3v) is 8.24. The van der Waals surface area contributed by atoms with E-state index in [1.807, 2.05) is 133 Å². The van der Waals surface area contributed by atoms with Gasteiger partial charge in [0.25, 0.3) is 0 Å². The zero-order valence-electron chi connectivity index (χ0n) is 26.7. The Bertz CT molecular complexity index is 1710. The average Bonchev–Trinajstić information content (AvgIpc) is 3.31. The molecule has 45 heavy (non-hydrogen) atoms. The quantitative estimate of drug-likeness (QED) is 0.190. The second-order valence-electron chi connectivity index (χ2n) is 12.1. The van der Waals surface area contributed by atoms with Crippen molar-refractivity contribution in [3.63, 3.8) is 0 Å². The van der Waals surface area contributed by atoms with Gasteiger partial charge in [0.15, 0.2) is 5.60 Å². The largest absolute Gasteiger partial charge is 0.508 e. The van der Waals surface area contributed by atoms with Crippen LogP contribution in [0, 0.1) is 13.8 Å². The molecule has 2 N–H and O–H groups in total. The van der Waals surface area contributed by atoms with Crippen molar-refractivity contribution in [3.05, 3.63) is 154 Å². The molecule has 6 rings (SSSR count). The van der Waals surface area contributed by atoms with Crippen LogP contribution in [-0.4, -0.2) is 16.2 Å². The number of para-hydroxylation sites is 2. The van der Waals surface area contributed by atoms with Crippen LogP contribution in [0.25, 0.3) is 0 Å². The lowest BCUT2D eigenvalue weighted by Gasteiger charge is -2.34. The summed E-state index contributed by atoms with van der Waals surface area (Å²) in [6, 6.07) is 34.4. The number of carbonyl (C=O) groups excluding carboxylic acids is 1. The Kier molecular flexibility index (Phi) is 9.01. The van der Waals surface area contributed by atoms with E-state index >= 15 is 0 Å². The van der Waals surface area contributed by atoms with Crippen LogP contribution in [0.4, 0.5) is 0 Å². The molecule has 1 aliphatic heterocycles. The highest BCUT2D eigenvalue weighted by Crippen LogP contribution is 2.51. The molecule has 0 saturated heterocycles. The van der Waals surface area contributed by atoms with E-state index in [0.29, 0.717) is 5.56 Å². The molecule has 0 saturated carbocycles. The molecular weight excluding hydrogens is 560 g/mol. The zero-order chi connectivity index (χ0) is 32.3. The van der Waals surface area contributed by atoms with E-state index in [0.717, 1.165) is 50.4 Å². The number of fused-ring (bicyclic) bond motifs is 1. The number of aromatic hydroxyl groups is 2. The number of aryl methyl sites for hydroxylation is 2. The predicted octanol–water partition coefficient (Wildman–Crippen LogP) is 9.90. The van der Waals surface area contributed by atoms with E-state index in [-0.39, 0.29) is 29.3 Å². The Morgan fingerprint density at radius 3 is 1.47 bits per heavy atom. The summed E-state index contributed by atoms with van der Waals surface area (Å²) in [5.41, 5.74) is 5.03. The summed E-state index contributed by atoms with van der Waals surface area (Å²) in [7, 11) is 0. The van der Waals surface area contributed by atoms with Gasteiger partial charge < -0.3 is 19.7 Å². The highest BCUT2D eigenvalue weighted by molar-refractivity contribution is 5.96. The number of ether oxygens (including phenoxy) is 2. The molecule has 230 valence electrons. The highest BCUT2D eigenvalue weighted by Gasteiger charge is 2.50. The summed E-state index contributed by atoms with van der Waals surface area (Å²) in [5, 5.41) is 21.2. The zero-order valence-corrected chi connectivity index (χ0v) is 26.7. The normalized spacial score (nSPS) is 13.2. The Morgan fingerprint density at radius 2 is 1.02 bits per heavy atom. The van der Waals surface area contributed by atoms with Crippen LogP contribution in [0.5, 0.6) is 23.0 Å². The minimum Gasteiger partial charge on any atom is -0.508 e. The Morgan fingerprint density at radius 1 is 0.600 bits per heavy atom. The average molecular weight is 601 g/mol. The van der Waals surface area contributed by atoms with Crippen LogP contribution in [0.1, 0.15) is 88.8 Å². The van der Waals surface area contributed by atoms with Gasteiger partial charge in [-0.25, -0.2) is 4.79 Å². The number of phenolic OH excluding ortho intramolecular Hbond substituents is 2. The van der Waals surface area contributed by atoms with E-state index in [2.05, 4.69) is 0 Å². The van der Waals surface area contributed by atoms with Crippen LogP contribution < -0.4 is 4.74 Å². The van der Waals surface area contributed by atoms with Crippen molar-refractivity contribution in [2.24, 2.45) is 0 Å². The van der Waals surface area contributed by atoms with E-state index in [1.165, 1.54) is 0 Å². The van der Waals surface area contributed by atoms with Gasteiger partial charge in [-0.3, -0.25) is 0 Å². The minimum atomic E-state index is -1.17.